The number of nitrogens with zero attached hydrogens (tertiary/aromatic N) is 8. The molecule has 0 aliphatic carbocycles. The second kappa shape index (κ2) is 10.1. The molecule has 13 heteroatoms. The summed E-state index contributed by atoms with van der Waals surface area (Å²) >= 11 is 5.74. The van der Waals surface area contributed by atoms with Crippen LogP contribution in [-0.2, 0) is 9.53 Å². The maximum Gasteiger partial charge on any atom is 0.296 e. The highest BCUT2D eigenvalue weighted by Gasteiger charge is 2.31. The minimum absolute atomic E-state index is 0.0544. The number of anilines is 2. The number of ether oxygens (including phenoxy) is 1. The highest BCUT2D eigenvalue weighted by atomic mass is 35.5. The van der Waals surface area contributed by atoms with Crippen molar-refractivity contribution in [1.82, 2.24) is 29.4 Å². The van der Waals surface area contributed by atoms with Crippen LogP contribution in [-0.4, -0.2) is 93.7 Å². The smallest absolute Gasteiger partial charge is 0.296 e. The number of carbonyl (C=O) groups excluding carboxylic acids is 1. The molecule has 3 aromatic rings. The predicted molar refractivity (Wildman–Crippen MR) is 131 cm³/mol. The topological polar surface area (TPSA) is 92.5 Å². The van der Waals surface area contributed by atoms with Gasteiger partial charge in [0.05, 0.1) is 30.3 Å². The zero-order chi connectivity index (χ0) is 25.4. The van der Waals surface area contributed by atoms with Crippen LogP contribution in [0.25, 0.3) is 17.0 Å². The first-order valence-corrected chi connectivity index (χ1v) is 12.3. The standard InChI is InChI=1S/C23H27ClF2N8O2/c1-14-4-3-5-16-18(14)27-20(19(25)26)34(16)23-29-21(28-22(30-23)32-8-10-36-11-9-32)31(2)15-6-7-33(13-15)17(35)12-24/h3-5,15,19H,6-13H2,1-2H3/t15-/m1/s1. The summed E-state index contributed by atoms with van der Waals surface area (Å²) in [7, 11) is 1.84. The van der Waals surface area contributed by atoms with Gasteiger partial charge in [0.15, 0.2) is 5.82 Å². The molecule has 2 aliphatic rings. The summed E-state index contributed by atoms with van der Waals surface area (Å²) in [5.41, 5.74) is 1.75. The number of alkyl halides is 3. The Morgan fingerprint density at radius 3 is 2.64 bits per heavy atom. The van der Waals surface area contributed by atoms with Gasteiger partial charge in [-0.15, -0.1) is 11.6 Å². The van der Waals surface area contributed by atoms with E-state index in [1.165, 1.54) is 4.57 Å². The molecule has 0 spiro atoms. The van der Waals surface area contributed by atoms with Crippen LogP contribution < -0.4 is 9.80 Å². The number of imidazole rings is 1. The van der Waals surface area contributed by atoms with Crippen LogP contribution in [0.15, 0.2) is 18.2 Å². The van der Waals surface area contributed by atoms with Crippen LogP contribution >= 0.6 is 11.6 Å². The number of benzene rings is 1. The van der Waals surface area contributed by atoms with Crippen molar-refractivity contribution >= 4 is 40.4 Å². The third-order valence-corrected chi connectivity index (χ3v) is 6.92. The van der Waals surface area contributed by atoms with E-state index in [9.17, 15) is 13.6 Å². The van der Waals surface area contributed by atoms with Crippen molar-refractivity contribution in [2.24, 2.45) is 0 Å². The lowest BCUT2D eigenvalue weighted by Crippen LogP contribution is -2.40. The molecule has 0 radical (unpaired) electrons. The van der Waals surface area contributed by atoms with E-state index in [0.717, 1.165) is 5.56 Å². The first kappa shape index (κ1) is 24.6. The molecule has 0 bridgehead atoms. The highest BCUT2D eigenvalue weighted by Crippen LogP contribution is 2.30. The van der Waals surface area contributed by atoms with Crippen LogP contribution in [0.5, 0.6) is 0 Å². The Morgan fingerprint density at radius 2 is 1.92 bits per heavy atom. The van der Waals surface area contributed by atoms with Crippen LogP contribution in [0.1, 0.15) is 24.2 Å². The minimum atomic E-state index is -2.83. The molecule has 0 N–H and O–H groups in total. The van der Waals surface area contributed by atoms with E-state index < -0.39 is 12.2 Å². The molecule has 4 heterocycles. The van der Waals surface area contributed by atoms with Gasteiger partial charge in [0.1, 0.15) is 5.88 Å². The van der Waals surface area contributed by atoms with Gasteiger partial charge in [-0.1, -0.05) is 12.1 Å². The third kappa shape index (κ3) is 4.55. The Hall–Kier alpha value is -3.12. The third-order valence-electron chi connectivity index (χ3n) is 6.70. The van der Waals surface area contributed by atoms with Gasteiger partial charge in [-0.05, 0) is 25.0 Å². The zero-order valence-corrected chi connectivity index (χ0v) is 20.8. The number of fused-ring (bicyclic) bond motifs is 1. The van der Waals surface area contributed by atoms with E-state index in [1.807, 2.05) is 29.8 Å². The molecular weight excluding hydrogens is 494 g/mol. The van der Waals surface area contributed by atoms with Crippen molar-refractivity contribution in [1.29, 1.82) is 0 Å². The summed E-state index contributed by atoms with van der Waals surface area (Å²) in [6.07, 6.45) is -2.12. The first-order valence-electron chi connectivity index (χ1n) is 11.8. The number of hydrogen-bond donors (Lipinski definition) is 0. The van der Waals surface area contributed by atoms with E-state index >= 15 is 0 Å². The molecule has 2 saturated heterocycles. The number of para-hydroxylation sites is 1. The van der Waals surface area contributed by atoms with Gasteiger partial charge in [0.25, 0.3) is 6.43 Å². The second-order valence-corrected chi connectivity index (χ2v) is 9.18. The lowest BCUT2D eigenvalue weighted by Gasteiger charge is -2.29. The number of carbonyl (C=O) groups is 1. The van der Waals surface area contributed by atoms with Gasteiger partial charge in [0.2, 0.25) is 23.8 Å². The maximum atomic E-state index is 14.2. The summed E-state index contributed by atoms with van der Waals surface area (Å²) in [6.45, 7) is 5.05. The first-order chi connectivity index (χ1) is 17.4. The molecule has 1 atom stereocenters. The summed E-state index contributed by atoms with van der Waals surface area (Å²) in [5, 5.41) is 0. The minimum Gasteiger partial charge on any atom is -0.378 e. The fourth-order valence-corrected chi connectivity index (χ4v) is 4.82. The van der Waals surface area contributed by atoms with Gasteiger partial charge in [-0.25, -0.2) is 13.8 Å². The number of amides is 1. The molecule has 192 valence electrons. The second-order valence-electron chi connectivity index (χ2n) is 8.91. The Balaban J connectivity index is 1.61. The molecule has 36 heavy (non-hydrogen) atoms. The normalized spacial score (nSPS) is 18.4. The number of halogens is 3. The van der Waals surface area contributed by atoms with Crippen molar-refractivity contribution in [2.75, 3.05) is 62.1 Å². The number of likely N-dealkylation sites (N-methyl/N-ethyl adjacent to an activating group) is 1. The zero-order valence-electron chi connectivity index (χ0n) is 20.1. The molecule has 1 amide bonds. The predicted octanol–water partition coefficient (Wildman–Crippen LogP) is 2.57. The summed E-state index contributed by atoms with van der Waals surface area (Å²) in [4.78, 5) is 35.8. The largest absolute Gasteiger partial charge is 0.378 e. The van der Waals surface area contributed by atoms with E-state index in [0.29, 0.717) is 68.7 Å². The molecule has 2 aromatic heterocycles. The van der Waals surface area contributed by atoms with E-state index in [2.05, 4.69) is 15.0 Å². The fraction of sp³-hybridized carbons (Fsp3) is 0.522. The Kier molecular flexibility index (Phi) is 6.89. The van der Waals surface area contributed by atoms with E-state index in [1.54, 1.807) is 17.0 Å². The lowest BCUT2D eigenvalue weighted by atomic mass is 10.2. The van der Waals surface area contributed by atoms with Crippen molar-refractivity contribution in [3.63, 3.8) is 0 Å². The van der Waals surface area contributed by atoms with E-state index in [4.69, 9.17) is 21.3 Å². The SMILES string of the molecule is Cc1cccc2c1nc(C(F)F)n2-c1nc(N2CCOCC2)nc(N(C)[C@@H]2CCN(C(=O)CCl)C2)n1. The summed E-state index contributed by atoms with van der Waals surface area (Å²) in [6, 6.07) is 5.30. The number of hydrogen-bond acceptors (Lipinski definition) is 8. The molecule has 1 aromatic carbocycles. The average Bonchev–Trinajstić information content (AvgIpc) is 3.54. The van der Waals surface area contributed by atoms with Crippen molar-refractivity contribution in [3.05, 3.63) is 29.6 Å². The average molecular weight is 521 g/mol. The number of morpholine rings is 1. The monoisotopic (exact) mass is 520 g/mol. The van der Waals surface area contributed by atoms with Crippen LogP contribution in [0, 0.1) is 6.92 Å². The van der Waals surface area contributed by atoms with Crippen molar-refractivity contribution in [2.45, 2.75) is 25.8 Å². The molecule has 0 unspecified atom stereocenters. The van der Waals surface area contributed by atoms with E-state index in [-0.39, 0.29) is 23.8 Å². The van der Waals surface area contributed by atoms with Crippen LogP contribution in [0.3, 0.4) is 0 Å². The van der Waals surface area contributed by atoms with Crippen LogP contribution in [0.4, 0.5) is 20.7 Å². The molecule has 0 saturated carbocycles. The Labute approximate surface area is 211 Å². The number of aryl methyl sites for hydroxylation is 1. The number of aromatic nitrogens is 5. The summed E-state index contributed by atoms with van der Waals surface area (Å²) < 4.78 is 35.1. The van der Waals surface area contributed by atoms with Gasteiger partial charge in [-0.3, -0.25) is 9.36 Å². The van der Waals surface area contributed by atoms with Gasteiger partial charge in [-0.2, -0.15) is 15.0 Å². The van der Waals surface area contributed by atoms with Crippen molar-refractivity contribution < 1.29 is 18.3 Å². The van der Waals surface area contributed by atoms with Gasteiger partial charge < -0.3 is 19.4 Å². The quantitative estimate of drug-likeness (QED) is 0.458. The fourth-order valence-electron chi connectivity index (χ4n) is 4.65. The Bertz CT molecular complexity index is 1270. The highest BCUT2D eigenvalue weighted by molar-refractivity contribution is 6.27. The molecule has 2 aliphatic heterocycles. The molecule has 2 fully saturated rings. The van der Waals surface area contributed by atoms with Crippen molar-refractivity contribution in [3.8, 4) is 5.95 Å². The van der Waals surface area contributed by atoms with Crippen LogP contribution in [0.2, 0.25) is 0 Å². The van der Waals surface area contributed by atoms with Gasteiger partial charge in [0, 0.05) is 33.2 Å². The molecular formula is C23H27ClF2N8O2. The maximum absolute atomic E-state index is 14.2. The lowest BCUT2D eigenvalue weighted by molar-refractivity contribution is -0.127. The Morgan fingerprint density at radius 1 is 1.17 bits per heavy atom. The molecule has 10 nitrogen and oxygen atoms in total. The number of rotatable bonds is 6. The molecule has 5 rings (SSSR count). The summed E-state index contributed by atoms with van der Waals surface area (Å²) in [5.74, 6) is 0.166. The number of likely N-dealkylation sites (tertiary alicyclic amines) is 1. The van der Waals surface area contributed by atoms with Gasteiger partial charge >= 0.3 is 0 Å².